The largest absolute Gasteiger partial charge is 0.480 e. The molecule has 6 nitrogen and oxygen atoms in total. The Hall–Kier alpha value is -4.10. The van der Waals surface area contributed by atoms with Gasteiger partial charge in [0.2, 0.25) is 0 Å². The van der Waals surface area contributed by atoms with Gasteiger partial charge < -0.3 is 10.4 Å². The van der Waals surface area contributed by atoms with Crippen LogP contribution in [-0.2, 0) is 15.6 Å². The second-order valence-electron chi connectivity index (χ2n) is 8.84. The molecule has 2 unspecified atom stereocenters. The van der Waals surface area contributed by atoms with E-state index in [0.29, 0.717) is 11.1 Å². The highest BCUT2D eigenvalue weighted by Crippen LogP contribution is 2.29. The third-order valence-corrected chi connectivity index (χ3v) is 6.91. The molecule has 7 heteroatoms. The number of carboxylic acids is 1. The van der Waals surface area contributed by atoms with Crippen LogP contribution in [0, 0.1) is 6.92 Å². The highest BCUT2D eigenvalue weighted by molar-refractivity contribution is 7.84. The van der Waals surface area contributed by atoms with Gasteiger partial charge >= 0.3 is 5.97 Å². The maximum atomic E-state index is 13.2. The first-order valence-corrected chi connectivity index (χ1v) is 13.6. The first-order chi connectivity index (χ1) is 17.8. The summed E-state index contributed by atoms with van der Waals surface area (Å²) in [6.45, 7) is 1.97. The highest BCUT2D eigenvalue weighted by Gasteiger charge is 2.23. The summed E-state index contributed by atoms with van der Waals surface area (Å²) in [6, 6.07) is 22.1. The fraction of sp³-hybridized carbons (Fsp3) is 0.167. The van der Waals surface area contributed by atoms with Gasteiger partial charge in [0.1, 0.15) is 6.04 Å². The van der Waals surface area contributed by atoms with Crippen molar-refractivity contribution in [3.05, 3.63) is 101 Å². The number of carbonyl (C=O) groups is 2. The van der Waals surface area contributed by atoms with Gasteiger partial charge in [-0.3, -0.25) is 14.0 Å². The molecule has 0 saturated carbocycles. The Kier molecular flexibility index (Phi) is 8.25. The summed E-state index contributed by atoms with van der Waals surface area (Å²) in [6.07, 6.45) is 7.35. The lowest BCUT2D eigenvalue weighted by molar-refractivity contribution is -0.139. The molecule has 1 heterocycles. The fourth-order valence-electron chi connectivity index (χ4n) is 4.11. The number of aryl methyl sites for hydroxylation is 1. The maximum Gasteiger partial charge on any atom is 0.326 e. The van der Waals surface area contributed by atoms with Gasteiger partial charge in [0, 0.05) is 40.0 Å². The van der Waals surface area contributed by atoms with E-state index in [1.807, 2.05) is 85.9 Å². The van der Waals surface area contributed by atoms with Gasteiger partial charge in [-0.05, 0) is 65.4 Å². The number of fused-ring (bicyclic) bond motifs is 1. The first-order valence-electron chi connectivity index (χ1n) is 11.9. The van der Waals surface area contributed by atoms with Crippen molar-refractivity contribution in [1.82, 2.24) is 10.3 Å². The second kappa shape index (κ2) is 11.8. The molecular formula is C30H28N2O4S. The van der Waals surface area contributed by atoms with Crippen molar-refractivity contribution in [2.24, 2.45) is 0 Å². The first kappa shape index (κ1) is 26.0. The van der Waals surface area contributed by atoms with E-state index >= 15 is 0 Å². The van der Waals surface area contributed by atoms with Gasteiger partial charge in [-0.15, -0.1) is 0 Å². The summed E-state index contributed by atoms with van der Waals surface area (Å²) in [7, 11) is -1.16. The fourth-order valence-corrected chi connectivity index (χ4v) is 4.68. The van der Waals surface area contributed by atoms with Crippen molar-refractivity contribution in [3.8, 4) is 11.1 Å². The minimum absolute atomic E-state index is 0.0878. The molecule has 0 radical (unpaired) electrons. The molecule has 0 aliphatic heterocycles. The lowest BCUT2D eigenvalue weighted by Gasteiger charge is -2.17. The van der Waals surface area contributed by atoms with Crippen molar-refractivity contribution in [1.29, 1.82) is 0 Å². The topological polar surface area (TPSA) is 96.4 Å². The van der Waals surface area contributed by atoms with E-state index in [2.05, 4.69) is 16.4 Å². The smallest absolute Gasteiger partial charge is 0.326 e. The third kappa shape index (κ3) is 6.57. The van der Waals surface area contributed by atoms with E-state index in [4.69, 9.17) is 0 Å². The number of pyridine rings is 1. The number of para-hydroxylation sites is 1. The molecule has 0 aliphatic rings. The Labute approximate surface area is 218 Å². The van der Waals surface area contributed by atoms with Gasteiger partial charge in [-0.2, -0.15) is 0 Å². The lowest BCUT2D eigenvalue weighted by atomic mass is 9.93. The van der Waals surface area contributed by atoms with Crippen LogP contribution in [0.15, 0.2) is 79.0 Å². The zero-order valence-corrected chi connectivity index (χ0v) is 21.5. The molecule has 1 aromatic heterocycles. The van der Waals surface area contributed by atoms with Crippen molar-refractivity contribution >= 4 is 45.7 Å². The van der Waals surface area contributed by atoms with E-state index in [9.17, 15) is 18.9 Å². The summed E-state index contributed by atoms with van der Waals surface area (Å²) in [5, 5.41) is 13.2. The second-order valence-corrected chi connectivity index (χ2v) is 10.4. The molecule has 188 valence electrons. The van der Waals surface area contributed by atoms with Crippen LogP contribution in [0.3, 0.4) is 0 Å². The van der Waals surface area contributed by atoms with Gasteiger partial charge in [0.05, 0.1) is 5.52 Å². The number of benzene rings is 3. The van der Waals surface area contributed by atoms with Gasteiger partial charge in [-0.25, -0.2) is 4.79 Å². The molecular weight excluding hydrogens is 484 g/mol. The van der Waals surface area contributed by atoms with E-state index in [1.165, 1.54) is 6.26 Å². The third-order valence-electron chi connectivity index (χ3n) is 6.10. The molecule has 3 aromatic carbocycles. The van der Waals surface area contributed by atoms with Crippen molar-refractivity contribution in [3.63, 3.8) is 0 Å². The van der Waals surface area contributed by atoms with Gasteiger partial charge in [0.25, 0.3) is 5.91 Å². The number of carboxylic acid groups (broad SMARTS) is 1. The Morgan fingerprint density at radius 3 is 2.46 bits per heavy atom. The summed E-state index contributed by atoms with van der Waals surface area (Å²) in [4.78, 5) is 29.5. The van der Waals surface area contributed by atoms with Crippen molar-refractivity contribution in [2.75, 3.05) is 12.0 Å². The van der Waals surface area contributed by atoms with Crippen LogP contribution in [0.25, 0.3) is 34.2 Å². The van der Waals surface area contributed by atoms with E-state index in [-0.39, 0.29) is 12.2 Å². The van der Waals surface area contributed by atoms with E-state index in [0.717, 1.165) is 33.2 Å². The quantitative estimate of drug-likeness (QED) is 0.316. The molecule has 4 aromatic rings. The molecule has 0 spiro atoms. The summed E-state index contributed by atoms with van der Waals surface area (Å²) in [5.74, 6) is -1.45. The van der Waals surface area contributed by atoms with E-state index < -0.39 is 28.7 Å². The monoisotopic (exact) mass is 512 g/mol. The summed E-state index contributed by atoms with van der Waals surface area (Å²) < 4.78 is 11.5. The number of aromatic nitrogens is 1. The van der Waals surface area contributed by atoms with Crippen LogP contribution in [0.1, 0.15) is 33.5 Å². The van der Waals surface area contributed by atoms with Crippen LogP contribution in [0.2, 0.25) is 0 Å². The van der Waals surface area contributed by atoms with Crippen LogP contribution in [-0.4, -0.2) is 44.2 Å². The zero-order chi connectivity index (χ0) is 26.4. The predicted molar refractivity (Wildman–Crippen MR) is 150 cm³/mol. The molecule has 0 saturated heterocycles. The van der Waals surface area contributed by atoms with Gasteiger partial charge in [-0.1, -0.05) is 60.7 Å². The Balaban J connectivity index is 1.67. The molecule has 1 amide bonds. The number of amides is 1. The van der Waals surface area contributed by atoms with Gasteiger partial charge in [0.15, 0.2) is 0 Å². The Bertz CT molecular complexity index is 1510. The molecule has 2 N–H and O–H groups in total. The SMILES string of the molecule is Cc1ccccc1-c1cc(/C=C/c2cnc3ccccc3c2)ccc1C(=O)NC(CCS(C)=O)C(=O)O. The number of nitrogens with one attached hydrogen (secondary N) is 1. The molecule has 37 heavy (non-hydrogen) atoms. The molecule has 2 atom stereocenters. The molecule has 0 aliphatic carbocycles. The van der Waals surface area contributed by atoms with Crippen molar-refractivity contribution < 1.29 is 18.9 Å². The van der Waals surface area contributed by atoms with Crippen LogP contribution in [0.4, 0.5) is 0 Å². The zero-order valence-electron chi connectivity index (χ0n) is 20.7. The molecule has 0 fully saturated rings. The number of hydrogen-bond donors (Lipinski definition) is 2. The lowest BCUT2D eigenvalue weighted by Crippen LogP contribution is -2.41. The highest BCUT2D eigenvalue weighted by atomic mass is 32.2. The number of aliphatic carboxylic acids is 1. The normalized spacial score (nSPS) is 12.9. The maximum absolute atomic E-state index is 13.2. The van der Waals surface area contributed by atoms with Crippen molar-refractivity contribution in [2.45, 2.75) is 19.4 Å². The Morgan fingerprint density at radius 1 is 0.973 bits per heavy atom. The predicted octanol–water partition coefficient (Wildman–Crippen LogP) is 5.33. The number of hydrogen-bond acceptors (Lipinski definition) is 4. The number of rotatable bonds is 9. The number of carbonyl (C=O) groups excluding carboxylic acids is 1. The van der Waals surface area contributed by atoms with Crippen LogP contribution >= 0.6 is 0 Å². The van der Waals surface area contributed by atoms with E-state index in [1.54, 1.807) is 6.07 Å². The average Bonchev–Trinajstić information content (AvgIpc) is 2.89. The standard InChI is InChI=1S/C30H28N2O4S/c1-20-7-3-5-9-24(20)26-18-21(11-12-22-17-23-8-4-6-10-27(23)31-19-22)13-14-25(26)29(33)32-28(30(34)35)15-16-37(2)36/h3-14,17-19,28H,15-16H2,1-2H3,(H,32,33)(H,34,35)/b12-11+. The minimum atomic E-state index is -1.16. The van der Waals surface area contributed by atoms with Crippen LogP contribution < -0.4 is 5.32 Å². The molecule has 4 rings (SSSR count). The summed E-state index contributed by atoms with van der Waals surface area (Å²) in [5.41, 5.74) is 5.74. The minimum Gasteiger partial charge on any atom is -0.480 e. The molecule has 0 bridgehead atoms. The summed E-state index contributed by atoms with van der Waals surface area (Å²) >= 11 is 0. The number of nitrogens with zero attached hydrogens (tertiary/aromatic N) is 1. The average molecular weight is 513 g/mol. The van der Waals surface area contributed by atoms with Crippen LogP contribution in [0.5, 0.6) is 0 Å². The Morgan fingerprint density at radius 2 is 1.70 bits per heavy atom.